The monoisotopic (exact) mass is 267 g/mol. The average Bonchev–Trinajstić information content (AvgIpc) is 2.71. The van der Waals surface area contributed by atoms with Crippen LogP contribution in [0.5, 0.6) is 0 Å². The molecule has 0 aromatic heterocycles. The van der Waals surface area contributed by atoms with Gasteiger partial charge in [0, 0.05) is 18.6 Å². The van der Waals surface area contributed by atoms with Crippen molar-refractivity contribution in [2.75, 3.05) is 20.7 Å². The van der Waals surface area contributed by atoms with E-state index in [0.29, 0.717) is 17.5 Å². The fourth-order valence-electron chi connectivity index (χ4n) is 1.77. The molecule has 1 aromatic carbocycles. The van der Waals surface area contributed by atoms with Crippen molar-refractivity contribution < 1.29 is 9.53 Å². The predicted octanol–water partition coefficient (Wildman–Crippen LogP) is 2.04. The molecule has 5 nitrogen and oxygen atoms in total. The molecule has 1 atom stereocenters. The fourth-order valence-corrected chi connectivity index (χ4v) is 1.89. The third-order valence-electron chi connectivity index (χ3n) is 2.74. The van der Waals surface area contributed by atoms with Gasteiger partial charge in [0.1, 0.15) is 0 Å². The number of halogens is 1. The van der Waals surface area contributed by atoms with E-state index in [-0.39, 0.29) is 6.04 Å². The number of ether oxygens (including phenoxy) is 1. The van der Waals surface area contributed by atoms with Crippen molar-refractivity contribution in [3.63, 3.8) is 0 Å². The molecule has 1 N–H and O–H groups in total. The van der Waals surface area contributed by atoms with E-state index in [0.717, 1.165) is 5.56 Å². The summed E-state index contributed by atoms with van der Waals surface area (Å²) in [6.07, 6.45) is -0.516. The largest absolute Gasteiger partial charge is 0.453 e. The number of carbonyl (C=O) groups is 1. The molecule has 0 saturated heterocycles. The number of rotatable bonds is 1. The lowest BCUT2D eigenvalue weighted by Gasteiger charge is -2.14. The molecule has 0 radical (unpaired) electrons. The van der Waals surface area contributed by atoms with Crippen LogP contribution in [0.2, 0.25) is 5.02 Å². The Kier molecular flexibility index (Phi) is 3.72. The maximum Gasteiger partial charge on any atom is 0.413 e. The summed E-state index contributed by atoms with van der Waals surface area (Å²) >= 11 is 5.84. The molecule has 1 heterocycles. The summed E-state index contributed by atoms with van der Waals surface area (Å²) in [6.45, 7) is 0.709. The number of aliphatic imine (C=N–C) groups is 1. The number of benzene rings is 1. The minimum Gasteiger partial charge on any atom is -0.453 e. The van der Waals surface area contributed by atoms with E-state index in [4.69, 9.17) is 11.6 Å². The van der Waals surface area contributed by atoms with Crippen LogP contribution in [0, 0.1) is 0 Å². The van der Waals surface area contributed by atoms with Crippen LogP contribution in [0.1, 0.15) is 11.6 Å². The third-order valence-corrected chi connectivity index (χ3v) is 2.99. The van der Waals surface area contributed by atoms with Crippen LogP contribution in [-0.4, -0.2) is 37.7 Å². The number of nitrogens with one attached hydrogen (secondary N) is 1. The Morgan fingerprint density at radius 3 is 2.78 bits per heavy atom. The Hall–Kier alpha value is -1.75. The lowest BCUT2D eigenvalue weighted by molar-refractivity contribution is 0.176. The molecule has 2 rings (SSSR count). The number of guanidine groups is 1. The first-order valence-electron chi connectivity index (χ1n) is 5.49. The van der Waals surface area contributed by atoms with Gasteiger partial charge in [-0.15, -0.1) is 0 Å². The van der Waals surface area contributed by atoms with Crippen molar-refractivity contribution in [1.29, 1.82) is 0 Å². The quantitative estimate of drug-likeness (QED) is 0.847. The van der Waals surface area contributed by atoms with E-state index in [1.54, 1.807) is 0 Å². The van der Waals surface area contributed by atoms with Crippen LogP contribution in [0.4, 0.5) is 4.79 Å². The van der Waals surface area contributed by atoms with E-state index in [9.17, 15) is 4.79 Å². The van der Waals surface area contributed by atoms with Crippen molar-refractivity contribution in [3.05, 3.63) is 34.9 Å². The highest BCUT2D eigenvalue weighted by atomic mass is 35.5. The molecule has 1 aliphatic heterocycles. The SMILES string of the molecule is COC(=O)NC1=NC(c2ccc(Cl)cc2)CN1C. The molecular weight excluding hydrogens is 254 g/mol. The first kappa shape index (κ1) is 12.7. The van der Waals surface area contributed by atoms with E-state index >= 15 is 0 Å². The highest BCUT2D eigenvalue weighted by Crippen LogP contribution is 2.24. The molecule has 18 heavy (non-hydrogen) atoms. The number of hydrogen-bond donors (Lipinski definition) is 1. The average molecular weight is 268 g/mol. The predicted molar refractivity (Wildman–Crippen MR) is 69.8 cm³/mol. The summed E-state index contributed by atoms with van der Waals surface area (Å²) in [5, 5.41) is 3.27. The molecule has 0 bridgehead atoms. The number of alkyl carbamates (subject to hydrolysis) is 1. The molecule has 0 fully saturated rings. The smallest absolute Gasteiger partial charge is 0.413 e. The van der Waals surface area contributed by atoms with Crippen LogP contribution in [0.15, 0.2) is 29.3 Å². The van der Waals surface area contributed by atoms with Gasteiger partial charge in [-0.3, -0.25) is 5.32 Å². The van der Waals surface area contributed by atoms with Gasteiger partial charge in [-0.2, -0.15) is 0 Å². The Balaban J connectivity index is 2.12. The van der Waals surface area contributed by atoms with Gasteiger partial charge in [-0.05, 0) is 17.7 Å². The zero-order valence-electron chi connectivity index (χ0n) is 10.2. The number of carbonyl (C=O) groups excluding carboxylic acids is 1. The zero-order valence-corrected chi connectivity index (χ0v) is 10.9. The van der Waals surface area contributed by atoms with Crippen LogP contribution in [0.3, 0.4) is 0 Å². The van der Waals surface area contributed by atoms with Crippen LogP contribution >= 0.6 is 11.6 Å². The molecule has 1 amide bonds. The summed E-state index contributed by atoms with van der Waals surface area (Å²) in [5.41, 5.74) is 1.06. The lowest BCUT2D eigenvalue weighted by Crippen LogP contribution is -2.39. The summed E-state index contributed by atoms with van der Waals surface area (Å²) in [7, 11) is 3.19. The van der Waals surface area contributed by atoms with Crippen molar-refractivity contribution in [3.8, 4) is 0 Å². The number of methoxy groups -OCH3 is 1. The molecular formula is C12H14ClN3O2. The van der Waals surface area contributed by atoms with Gasteiger partial charge in [0.05, 0.1) is 13.2 Å². The van der Waals surface area contributed by atoms with Crippen LogP contribution in [-0.2, 0) is 4.74 Å². The Bertz CT molecular complexity index is 473. The normalized spacial score (nSPS) is 18.5. The number of likely N-dealkylation sites (N-methyl/N-ethyl adjacent to an activating group) is 1. The van der Waals surface area contributed by atoms with Gasteiger partial charge in [-0.25, -0.2) is 9.79 Å². The summed E-state index contributed by atoms with van der Waals surface area (Å²) in [4.78, 5) is 17.5. The number of hydrogen-bond acceptors (Lipinski definition) is 4. The van der Waals surface area contributed by atoms with Gasteiger partial charge >= 0.3 is 6.09 Å². The standard InChI is InChI=1S/C12H14ClN3O2/c1-16-7-10(8-3-5-9(13)6-4-8)14-11(16)15-12(17)18-2/h3-6,10H,7H2,1-2H3,(H,14,15,17). The molecule has 96 valence electrons. The second kappa shape index (κ2) is 5.27. The second-order valence-electron chi connectivity index (χ2n) is 4.02. The number of nitrogens with zero attached hydrogens (tertiary/aromatic N) is 2. The van der Waals surface area contributed by atoms with Gasteiger partial charge < -0.3 is 9.64 Å². The summed E-state index contributed by atoms with van der Waals surface area (Å²) in [6, 6.07) is 7.53. The summed E-state index contributed by atoms with van der Waals surface area (Å²) < 4.78 is 4.54. The molecule has 0 aliphatic carbocycles. The highest BCUT2D eigenvalue weighted by molar-refractivity contribution is 6.30. The molecule has 1 aliphatic rings. The van der Waals surface area contributed by atoms with Crippen LogP contribution < -0.4 is 5.32 Å². The maximum absolute atomic E-state index is 11.1. The maximum atomic E-state index is 11.1. The molecule has 6 heteroatoms. The lowest BCUT2D eigenvalue weighted by atomic mass is 10.1. The van der Waals surface area contributed by atoms with Crippen LogP contribution in [0.25, 0.3) is 0 Å². The van der Waals surface area contributed by atoms with Gasteiger partial charge in [0.25, 0.3) is 0 Å². The van der Waals surface area contributed by atoms with E-state index in [1.165, 1.54) is 7.11 Å². The third kappa shape index (κ3) is 2.73. The van der Waals surface area contributed by atoms with E-state index in [1.807, 2.05) is 36.2 Å². The Morgan fingerprint density at radius 2 is 2.17 bits per heavy atom. The molecule has 0 saturated carbocycles. The number of amides is 1. The fraction of sp³-hybridized carbons (Fsp3) is 0.333. The van der Waals surface area contributed by atoms with Gasteiger partial charge in [-0.1, -0.05) is 23.7 Å². The first-order chi connectivity index (χ1) is 8.60. The second-order valence-corrected chi connectivity index (χ2v) is 4.45. The molecule has 1 unspecified atom stereocenters. The van der Waals surface area contributed by atoms with Gasteiger partial charge in [0.2, 0.25) is 5.96 Å². The Morgan fingerprint density at radius 1 is 1.50 bits per heavy atom. The highest BCUT2D eigenvalue weighted by Gasteiger charge is 2.24. The Labute approximate surface area is 110 Å². The van der Waals surface area contributed by atoms with E-state index < -0.39 is 6.09 Å². The summed E-state index contributed by atoms with van der Waals surface area (Å²) in [5.74, 6) is 0.516. The van der Waals surface area contributed by atoms with Crippen molar-refractivity contribution in [2.24, 2.45) is 4.99 Å². The van der Waals surface area contributed by atoms with Crippen molar-refractivity contribution in [2.45, 2.75) is 6.04 Å². The first-order valence-corrected chi connectivity index (χ1v) is 5.87. The minimum atomic E-state index is -0.516. The van der Waals surface area contributed by atoms with E-state index in [2.05, 4.69) is 15.0 Å². The topological polar surface area (TPSA) is 53.9 Å². The zero-order chi connectivity index (χ0) is 13.1. The molecule has 1 aromatic rings. The molecule has 0 spiro atoms. The van der Waals surface area contributed by atoms with Gasteiger partial charge in [0.15, 0.2) is 0 Å². The van der Waals surface area contributed by atoms with Crippen molar-refractivity contribution in [1.82, 2.24) is 10.2 Å². The van der Waals surface area contributed by atoms with Crippen molar-refractivity contribution >= 4 is 23.7 Å². The minimum absolute atomic E-state index is 0.000534.